The molecule has 84 valence electrons. The molecule has 0 saturated carbocycles. The molecular formula is C11H12N2O3. The van der Waals surface area contributed by atoms with E-state index in [1.807, 2.05) is 38.1 Å². The van der Waals surface area contributed by atoms with Crippen LogP contribution in [-0.4, -0.2) is 16.2 Å². The standard InChI is InChI=1S/C11H12N2O3/c1-7(2)15-9-5-3-8(4-6-9)10-12-11(14)16-13-10/h3-7H,1-2H3,(H,12,13,14). The van der Waals surface area contributed by atoms with Gasteiger partial charge in [-0.3, -0.25) is 9.51 Å². The molecule has 0 amide bonds. The quantitative estimate of drug-likeness (QED) is 0.856. The predicted octanol–water partition coefficient (Wildman–Crippen LogP) is 1.82. The Labute approximate surface area is 92.0 Å². The summed E-state index contributed by atoms with van der Waals surface area (Å²) in [6, 6.07) is 7.27. The third-order valence-electron chi connectivity index (χ3n) is 1.94. The Bertz CT molecular complexity index is 511. The summed E-state index contributed by atoms with van der Waals surface area (Å²) in [7, 11) is 0. The maximum absolute atomic E-state index is 10.8. The molecule has 0 unspecified atom stereocenters. The summed E-state index contributed by atoms with van der Waals surface area (Å²) >= 11 is 0. The van der Waals surface area contributed by atoms with E-state index in [2.05, 4.69) is 14.7 Å². The second-order valence-electron chi connectivity index (χ2n) is 3.63. The summed E-state index contributed by atoms with van der Waals surface area (Å²) in [5.41, 5.74) is 0.780. The minimum absolute atomic E-state index is 0.137. The topological polar surface area (TPSA) is 68.1 Å². The SMILES string of the molecule is CC(C)Oc1ccc(-c2noc(=O)[nH]2)cc1. The molecule has 0 aliphatic carbocycles. The van der Waals surface area contributed by atoms with Gasteiger partial charge >= 0.3 is 5.76 Å². The van der Waals surface area contributed by atoms with Crippen LogP contribution in [0.4, 0.5) is 0 Å². The second kappa shape index (κ2) is 4.22. The minimum Gasteiger partial charge on any atom is -0.491 e. The Balaban J connectivity index is 2.22. The fourth-order valence-corrected chi connectivity index (χ4v) is 1.32. The van der Waals surface area contributed by atoms with E-state index in [0.717, 1.165) is 11.3 Å². The molecule has 1 aromatic heterocycles. The van der Waals surface area contributed by atoms with Crippen LogP contribution in [0.5, 0.6) is 5.75 Å². The highest BCUT2D eigenvalue weighted by atomic mass is 16.5. The summed E-state index contributed by atoms with van der Waals surface area (Å²) in [6.45, 7) is 3.92. The number of aromatic amines is 1. The first-order chi connectivity index (χ1) is 7.65. The lowest BCUT2D eigenvalue weighted by Crippen LogP contribution is -2.05. The van der Waals surface area contributed by atoms with Crippen molar-refractivity contribution in [2.45, 2.75) is 20.0 Å². The van der Waals surface area contributed by atoms with Crippen LogP contribution in [0.2, 0.25) is 0 Å². The van der Waals surface area contributed by atoms with Crippen molar-refractivity contribution >= 4 is 0 Å². The Kier molecular flexibility index (Phi) is 2.76. The van der Waals surface area contributed by atoms with Gasteiger partial charge in [-0.05, 0) is 38.1 Å². The molecule has 0 spiro atoms. The zero-order chi connectivity index (χ0) is 11.5. The molecule has 0 atom stereocenters. The van der Waals surface area contributed by atoms with Gasteiger partial charge in [-0.2, -0.15) is 0 Å². The van der Waals surface area contributed by atoms with Crippen LogP contribution in [0.15, 0.2) is 33.6 Å². The minimum atomic E-state index is -0.558. The predicted molar refractivity (Wildman–Crippen MR) is 58.3 cm³/mol. The molecule has 0 fully saturated rings. The van der Waals surface area contributed by atoms with Gasteiger partial charge in [0.15, 0.2) is 5.82 Å². The monoisotopic (exact) mass is 220 g/mol. The van der Waals surface area contributed by atoms with Gasteiger partial charge < -0.3 is 4.74 Å². The van der Waals surface area contributed by atoms with E-state index < -0.39 is 5.76 Å². The summed E-state index contributed by atoms with van der Waals surface area (Å²) in [4.78, 5) is 13.2. The highest BCUT2D eigenvalue weighted by Gasteiger charge is 2.04. The van der Waals surface area contributed by atoms with Gasteiger partial charge in [0.25, 0.3) is 0 Å². The first kappa shape index (κ1) is 10.5. The van der Waals surface area contributed by atoms with Gasteiger partial charge in [0.1, 0.15) is 5.75 Å². The molecule has 0 saturated heterocycles. The number of benzene rings is 1. The molecule has 5 heteroatoms. The van der Waals surface area contributed by atoms with E-state index in [9.17, 15) is 4.79 Å². The molecule has 0 bridgehead atoms. The number of nitrogens with zero attached hydrogens (tertiary/aromatic N) is 1. The van der Waals surface area contributed by atoms with Gasteiger partial charge in [-0.25, -0.2) is 4.79 Å². The molecule has 0 aliphatic heterocycles. The Morgan fingerprint density at radius 2 is 2.00 bits per heavy atom. The van der Waals surface area contributed by atoms with Crippen molar-refractivity contribution in [2.75, 3.05) is 0 Å². The summed E-state index contributed by atoms with van der Waals surface area (Å²) in [5.74, 6) is 0.642. The van der Waals surface area contributed by atoms with Crippen molar-refractivity contribution in [1.82, 2.24) is 10.1 Å². The number of ether oxygens (including phenoxy) is 1. The Hall–Kier alpha value is -2.04. The Morgan fingerprint density at radius 1 is 1.31 bits per heavy atom. The van der Waals surface area contributed by atoms with Gasteiger partial charge in [-0.1, -0.05) is 5.16 Å². The van der Waals surface area contributed by atoms with Crippen LogP contribution < -0.4 is 10.5 Å². The molecule has 5 nitrogen and oxygen atoms in total. The van der Waals surface area contributed by atoms with E-state index in [0.29, 0.717) is 5.82 Å². The van der Waals surface area contributed by atoms with E-state index in [1.165, 1.54) is 0 Å². The largest absolute Gasteiger partial charge is 0.491 e. The number of H-pyrrole nitrogens is 1. The fourth-order valence-electron chi connectivity index (χ4n) is 1.32. The summed E-state index contributed by atoms with van der Waals surface area (Å²) < 4.78 is 9.92. The number of hydrogen-bond donors (Lipinski definition) is 1. The van der Waals surface area contributed by atoms with Gasteiger partial charge in [0, 0.05) is 5.56 Å². The zero-order valence-electron chi connectivity index (χ0n) is 9.06. The first-order valence-electron chi connectivity index (χ1n) is 4.98. The van der Waals surface area contributed by atoms with Crippen LogP contribution in [0, 0.1) is 0 Å². The van der Waals surface area contributed by atoms with E-state index in [1.54, 1.807) is 0 Å². The summed E-state index contributed by atoms with van der Waals surface area (Å²) in [5, 5.41) is 3.59. The van der Waals surface area contributed by atoms with Crippen molar-refractivity contribution in [1.29, 1.82) is 0 Å². The van der Waals surface area contributed by atoms with Crippen LogP contribution in [0.1, 0.15) is 13.8 Å². The van der Waals surface area contributed by atoms with Gasteiger partial charge in [0.05, 0.1) is 6.10 Å². The number of nitrogens with one attached hydrogen (secondary N) is 1. The maximum atomic E-state index is 10.8. The lowest BCUT2D eigenvalue weighted by Gasteiger charge is -2.09. The van der Waals surface area contributed by atoms with Crippen molar-refractivity contribution in [3.05, 3.63) is 34.8 Å². The maximum Gasteiger partial charge on any atom is 0.439 e. The van der Waals surface area contributed by atoms with Crippen molar-refractivity contribution in [3.8, 4) is 17.1 Å². The molecule has 0 radical (unpaired) electrons. The normalized spacial score (nSPS) is 10.7. The van der Waals surface area contributed by atoms with E-state index in [-0.39, 0.29) is 6.10 Å². The molecule has 1 N–H and O–H groups in total. The first-order valence-corrected chi connectivity index (χ1v) is 4.98. The van der Waals surface area contributed by atoms with E-state index in [4.69, 9.17) is 4.74 Å². The molecule has 16 heavy (non-hydrogen) atoms. The van der Waals surface area contributed by atoms with Crippen molar-refractivity contribution in [3.63, 3.8) is 0 Å². The lowest BCUT2D eigenvalue weighted by molar-refractivity contribution is 0.242. The van der Waals surface area contributed by atoms with Crippen molar-refractivity contribution in [2.24, 2.45) is 0 Å². The fraction of sp³-hybridized carbons (Fsp3) is 0.273. The van der Waals surface area contributed by atoms with Crippen LogP contribution >= 0.6 is 0 Å². The lowest BCUT2D eigenvalue weighted by atomic mass is 10.2. The van der Waals surface area contributed by atoms with E-state index >= 15 is 0 Å². The van der Waals surface area contributed by atoms with Gasteiger partial charge in [0.2, 0.25) is 0 Å². The van der Waals surface area contributed by atoms with Crippen molar-refractivity contribution < 1.29 is 9.26 Å². The second-order valence-corrected chi connectivity index (χ2v) is 3.63. The van der Waals surface area contributed by atoms with Crippen LogP contribution in [-0.2, 0) is 0 Å². The molecule has 2 aromatic rings. The highest BCUT2D eigenvalue weighted by Crippen LogP contribution is 2.19. The third-order valence-corrected chi connectivity index (χ3v) is 1.94. The average molecular weight is 220 g/mol. The molecule has 2 rings (SSSR count). The zero-order valence-corrected chi connectivity index (χ0v) is 9.06. The summed E-state index contributed by atoms with van der Waals surface area (Å²) in [6.07, 6.45) is 0.137. The van der Waals surface area contributed by atoms with Crippen LogP contribution in [0.25, 0.3) is 11.4 Å². The number of aromatic nitrogens is 2. The highest BCUT2D eigenvalue weighted by molar-refractivity contribution is 5.55. The molecular weight excluding hydrogens is 208 g/mol. The van der Waals surface area contributed by atoms with Crippen LogP contribution in [0.3, 0.4) is 0 Å². The average Bonchev–Trinajstić information content (AvgIpc) is 2.65. The molecule has 0 aliphatic rings. The number of hydrogen-bond acceptors (Lipinski definition) is 4. The molecule has 1 heterocycles. The molecule has 1 aromatic carbocycles. The third kappa shape index (κ3) is 2.31. The van der Waals surface area contributed by atoms with Gasteiger partial charge in [-0.15, -0.1) is 0 Å². The smallest absolute Gasteiger partial charge is 0.439 e. The number of rotatable bonds is 3. The Morgan fingerprint density at radius 3 is 2.50 bits per heavy atom.